The van der Waals surface area contributed by atoms with E-state index in [0.717, 1.165) is 4.31 Å². The highest BCUT2D eigenvalue weighted by Crippen LogP contribution is 2.36. The monoisotopic (exact) mass is 647 g/mol. The molecule has 12 heteroatoms. The maximum atomic E-state index is 14.3. The number of sulfonamides is 1. The summed E-state index contributed by atoms with van der Waals surface area (Å²) in [5.41, 5.74) is 0.0668. The van der Waals surface area contributed by atoms with Gasteiger partial charge in [-0.05, 0) is 63.6 Å². The predicted octanol–water partition coefficient (Wildman–Crippen LogP) is 5.68. The van der Waals surface area contributed by atoms with Crippen LogP contribution in [0.4, 0.5) is 5.69 Å². The molecule has 1 aliphatic rings. The number of hydrogen-bond acceptors (Lipinski definition) is 6. The molecular weight excluding hydrogens is 613 g/mol. The van der Waals surface area contributed by atoms with Gasteiger partial charge in [0.25, 0.3) is 10.0 Å². The number of amides is 2. The van der Waals surface area contributed by atoms with Crippen molar-refractivity contribution in [3.05, 3.63) is 82.3 Å². The van der Waals surface area contributed by atoms with Crippen LogP contribution in [0.1, 0.15) is 39.7 Å². The molecule has 3 aromatic rings. The maximum absolute atomic E-state index is 14.3. The highest BCUT2D eigenvalue weighted by Gasteiger charge is 2.35. The van der Waals surface area contributed by atoms with Crippen molar-refractivity contribution in [2.24, 2.45) is 0 Å². The first kappa shape index (κ1) is 32.4. The summed E-state index contributed by atoms with van der Waals surface area (Å²) >= 11 is 13.0. The number of carbonyl (C=O) groups excluding carboxylic acids is 2. The third kappa shape index (κ3) is 7.74. The normalized spacial score (nSPS) is 13.6. The molecular formula is C31H35Cl2N3O6S. The highest BCUT2D eigenvalue weighted by molar-refractivity contribution is 7.92. The molecule has 0 saturated heterocycles. The van der Waals surface area contributed by atoms with Gasteiger partial charge < -0.3 is 19.7 Å². The molecule has 0 spiro atoms. The topological polar surface area (TPSA) is 105 Å². The third-order valence-corrected chi connectivity index (χ3v) is 9.19. The number of rotatable bonds is 10. The van der Waals surface area contributed by atoms with E-state index in [-0.39, 0.29) is 29.5 Å². The predicted molar refractivity (Wildman–Crippen MR) is 167 cm³/mol. The minimum Gasteiger partial charge on any atom is -0.486 e. The van der Waals surface area contributed by atoms with Gasteiger partial charge in [0, 0.05) is 33.8 Å². The van der Waals surface area contributed by atoms with Crippen LogP contribution < -0.4 is 19.1 Å². The quantitative estimate of drug-likeness (QED) is 0.303. The van der Waals surface area contributed by atoms with Gasteiger partial charge >= 0.3 is 0 Å². The minimum atomic E-state index is -4.24. The van der Waals surface area contributed by atoms with Gasteiger partial charge in [0.05, 0.1) is 10.6 Å². The van der Waals surface area contributed by atoms with Gasteiger partial charge in [0.2, 0.25) is 11.8 Å². The lowest BCUT2D eigenvalue weighted by Gasteiger charge is -2.35. The van der Waals surface area contributed by atoms with Crippen molar-refractivity contribution in [3.63, 3.8) is 0 Å². The van der Waals surface area contributed by atoms with Crippen LogP contribution in [0.5, 0.6) is 11.5 Å². The Morgan fingerprint density at radius 2 is 1.56 bits per heavy atom. The molecule has 4 rings (SSSR count). The molecule has 2 amide bonds. The molecule has 0 saturated carbocycles. The van der Waals surface area contributed by atoms with Crippen LogP contribution in [0.15, 0.2) is 71.6 Å². The summed E-state index contributed by atoms with van der Waals surface area (Å²) in [6.45, 7) is 7.23. The second kappa shape index (κ2) is 13.4. The van der Waals surface area contributed by atoms with Gasteiger partial charge in [-0.2, -0.15) is 0 Å². The summed E-state index contributed by atoms with van der Waals surface area (Å²) in [7, 11) is -4.24. The van der Waals surface area contributed by atoms with Gasteiger partial charge in [0.15, 0.2) is 11.5 Å². The summed E-state index contributed by atoms with van der Waals surface area (Å²) in [5, 5.41) is 3.57. The van der Waals surface area contributed by atoms with E-state index >= 15 is 0 Å². The van der Waals surface area contributed by atoms with Crippen LogP contribution in [-0.4, -0.2) is 56.5 Å². The second-order valence-corrected chi connectivity index (χ2v) is 13.7. The SMILES string of the molecule is CCC(C(=O)NC(C)(C)C)N(Cc1c(Cl)cccc1Cl)C(=O)CN(c1ccc2c(c1)OCCO2)S(=O)(=O)c1ccccc1. The Morgan fingerprint density at radius 3 is 2.16 bits per heavy atom. The van der Waals surface area contributed by atoms with Crippen LogP contribution in [0.25, 0.3) is 0 Å². The zero-order chi connectivity index (χ0) is 31.4. The summed E-state index contributed by atoms with van der Waals surface area (Å²) in [4.78, 5) is 29.1. The van der Waals surface area contributed by atoms with E-state index in [9.17, 15) is 18.0 Å². The lowest BCUT2D eigenvalue weighted by atomic mass is 10.1. The molecule has 1 N–H and O–H groups in total. The van der Waals surface area contributed by atoms with Gasteiger partial charge in [0.1, 0.15) is 25.8 Å². The van der Waals surface area contributed by atoms with E-state index in [1.807, 2.05) is 20.8 Å². The van der Waals surface area contributed by atoms with Crippen LogP contribution >= 0.6 is 23.2 Å². The Balaban J connectivity index is 1.79. The number of anilines is 1. The smallest absolute Gasteiger partial charge is 0.264 e. The second-order valence-electron chi connectivity index (χ2n) is 11.0. The zero-order valence-electron chi connectivity index (χ0n) is 24.5. The molecule has 0 bridgehead atoms. The fourth-order valence-electron chi connectivity index (χ4n) is 4.66. The first-order valence-electron chi connectivity index (χ1n) is 13.8. The number of nitrogens with one attached hydrogen (secondary N) is 1. The van der Waals surface area contributed by atoms with Crippen molar-refractivity contribution in [1.29, 1.82) is 0 Å². The van der Waals surface area contributed by atoms with Crippen molar-refractivity contribution in [2.45, 2.75) is 57.1 Å². The molecule has 1 atom stereocenters. The zero-order valence-corrected chi connectivity index (χ0v) is 26.8. The number of ether oxygens (including phenoxy) is 2. The Kier molecular flexibility index (Phi) is 10.1. The summed E-state index contributed by atoms with van der Waals surface area (Å²) < 4.78 is 40.4. The largest absolute Gasteiger partial charge is 0.486 e. The summed E-state index contributed by atoms with van der Waals surface area (Å²) in [6, 6.07) is 16.5. The summed E-state index contributed by atoms with van der Waals surface area (Å²) in [5.74, 6) is -0.178. The van der Waals surface area contributed by atoms with E-state index in [1.54, 1.807) is 55.5 Å². The standard InChI is InChI=1S/C31H35Cl2N3O6S/c1-5-26(30(38)34-31(2,3)4)35(19-23-24(32)12-9-13-25(23)33)29(37)20-36(43(39,40)22-10-7-6-8-11-22)21-14-15-27-28(18-21)42-17-16-41-27/h6-15,18,26H,5,16-17,19-20H2,1-4H3,(H,34,38). The highest BCUT2D eigenvalue weighted by atomic mass is 35.5. The Labute approximate surface area is 262 Å². The average Bonchev–Trinajstić information content (AvgIpc) is 2.96. The molecule has 0 radical (unpaired) electrons. The number of benzene rings is 3. The third-order valence-electron chi connectivity index (χ3n) is 6.70. The Bertz CT molecular complexity index is 1560. The first-order chi connectivity index (χ1) is 20.3. The van der Waals surface area contributed by atoms with Crippen molar-refractivity contribution in [1.82, 2.24) is 10.2 Å². The molecule has 1 heterocycles. The van der Waals surface area contributed by atoms with Gasteiger partial charge in [-0.25, -0.2) is 8.42 Å². The van der Waals surface area contributed by atoms with E-state index in [1.165, 1.54) is 23.1 Å². The fourth-order valence-corrected chi connectivity index (χ4v) is 6.61. The van der Waals surface area contributed by atoms with Gasteiger partial charge in [-0.15, -0.1) is 0 Å². The van der Waals surface area contributed by atoms with Crippen molar-refractivity contribution >= 4 is 50.7 Å². The lowest BCUT2D eigenvalue weighted by Crippen LogP contribution is -2.55. The maximum Gasteiger partial charge on any atom is 0.264 e. The van der Waals surface area contributed by atoms with E-state index in [4.69, 9.17) is 32.7 Å². The Morgan fingerprint density at radius 1 is 0.930 bits per heavy atom. The molecule has 43 heavy (non-hydrogen) atoms. The van der Waals surface area contributed by atoms with Gasteiger partial charge in [-0.3, -0.25) is 13.9 Å². The number of halogens is 2. The molecule has 0 fully saturated rings. The number of nitrogens with zero attached hydrogens (tertiary/aromatic N) is 2. The Hall–Kier alpha value is -3.47. The van der Waals surface area contributed by atoms with Crippen molar-refractivity contribution in [2.75, 3.05) is 24.1 Å². The molecule has 3 aromatic carbocycles. The van der Waals surface area contributed by atoms with Crippen LogP contribution in [0.3, 0.4) is 0 Å². The first-order valence-corrected chi connectivity index (χ1v) is 16.0. The van der Waals surface area contributed by atoms with Crippen molar-refractivity contribution in [3.8, 4) is 11.5 Å². The van der Waals surface area contributed by atoms with E-state index < -0.39 is 34.1 Å². The molecule has 1 aliphatic heterocycles. The van der Waals surface area contributed by atoms with E-state index in [2.05, 4.69) is 5.32 Å². The number of carbonyl (C=O) groups is 2. The molecule has 1 unspecified atom stereocenters. The number of hydrogen-bond donors (Lipinski definition) is 1. The van der Waals surface area contributed by atoms with Crippen LogP contribution in [-0.2, 0) is 26.2 Å². The average molecular weight is 649 g/mol. The van der Waals surface area contributed by atoms with Crippen LogP contribution in [0.2, 0.25) is 10.0 Å². The summed E-state index contributed by atoms with van der Waals surface area (Å²) in [6.07, 6.45) is 0.255. The van der Waals surface area contributed by atoms with Crippen molar-refractivity contribution < 1.29 is 27.5 Å². The van der Waals surface area contributed by atoms with Gasteiger partial charge in [-0.1, -0.05) is 54.4 Å². The number of fused-ring (bicyclic) bond motifs is 1. The molecule has 9 nitrogen and oxygen atoms in total. The van der Waals surface area contributed by atoms with E-state index in [0.29, 0.717) is 40.3 Å². The van der Waals surface area contributed by atoms with Crippen LogP contribution in [0, 0.1) is 0 Å². The fraction of sp³-hybridized carbons (Fsp3) is 0.355. The lowest BCUT2D eigenvalue weighted by molar-refractivity contribution is -0.141. The molecule has 0 aromatic heterocycles. The molecule has 230 valence electrons. The molecule has 0 aliphatic carbocycles. The minimum absolute atomic E-state index is 0.00379.